The first kappa shape index (κ1) is 13.5. The van der Waals surface area contributed by atoms with E-state index < -0.39 is 0 Å². The maximum absolute atomic E-state index is 4.61. The van der Waals surface area contributed by atoms with Crippen LogP contribution in [0.3, 0.4) is 0 Å². The van der Waals surface area contributed by atoms with Crippen molar-refractivity contribution in [2.75, 3.05) is 5.32 Å². The maximum atomic E-state index is 4.61. The zero-order valence-electron chi connectivity index (χ0n) is 13.0. The SMILES string of the molecule is c1ccc2c(c1)CCC[C@H]2Nc1ncnc2sc3c(c12)CCC3. The van der Waals surface area contributed by atoms with Gasteiger partial charge in [0.15, 0.2) is 0 Å². The molecule has 0 unspecified atom stereocenters. The van der Waals surface area contributed by atoms with E-state index in [0.29, 0.717) is 6.04 Å². The summed E-state index contributed by atoms with van der Waals surface area (Å²) in [6.07, 6.45) is 8.99. The van der Waals surface area contributed by atoms with Gasteiger partial charge >= 0.3 is 0 Å². The number of anilines is 1. The number of aromatic nitrogens is 2. The van der Waals surface area contributed by atoms with E-state index in [1.165, 1.54) is 65.5 Å². The molecule has 0 fully saturated rings. The average molecular weight is 321 g/mol. The molecular weight excluding hydrogens is 302 g/mol. The molecule has 0 saturated carbocycles. The molecule has 1 atom stereocenters. The molecule has 0 radical (unpaired) electrons. The highest BCUT2D eigenvalue weighted by molar-refractivity contribution is 7.19. The van der Waals surface area contributed by atoms with E-state index in [9.17, 15) is 0 Å². The molecule has 5 rings (SSSR count). The third-order valence-electron chi connectivity index (χ3n) is 5.18. The van der Waals surface area contributed by atoms with E-state index in [-0.39, 0.29) is 0 Å². The first-order chi connectivity index (χ1) is 11.4. The molecule has 1 aromatic carbocycles. The van der Waals surface area contributed by atoms with Crippen LogP contribution in [-0.2, 0) is 19.3 Å². The molecule has 3 nitrogen and oxygen atoms in total. The van der Waals surface area contributed by atoms with Crippen molar-refractivity contribution in [3.8, 4) is 0 Å². The van der Waals surface area contributed by atoms with E-state index in [1.807, 2.05) is 11.3 Å². The molecule has 0 spiro atoms. The summed E-state index contributed by atoms with van der Waals surface area (Å²) in [6.45, 7) is 0. The first-order valence-electron chi connectivity index (χ1n) is 8.50. The summed E-state index contributed by atoms with van der Waals surface area (Å²) >= 11 is 1.86. The van der Waals surface area contributed by atoms with Gasteiger partial charge in [0.05, 0.1) is 11.4 Å². The van der Waals surface area contributed by atoms with Crippen LogP contribution in [0.1, 0.15) is 46.9 Å². The minimum absolute atomic E-state index is 0.370. The van der Waals surface area contributed by atoms with Crippen molar-refractivity contribution in [2.45, 2.75) is 44.6 Å². The van der Waals surface area contributed by atoms with Crippen molar-refractivity contribution in [1.29, 1.82) is 0 Å². The normalized spacial score (nSPS) is 19.6. The maximum Gasteiger partial charge on any atom is 0.138 e. The monoisotopic (exact) mass is 321 g/mol. The Morgan fingerprint density at radius 1 is 1.04 bits per heavy atom. The van der Waals surface area contributed by atoms with Gasteiger partial charge in [-0.2, -0.15) is 0 Å². The standard InChI is InChI=1S/C19H19N3S/c1-2-7-13-12(5-1)6-3-9-15(13)22-18-17-14-8-4-10-16(14)23-19(17)21-11-20-18/h1-2,5,7,11,15H,3-4,6,8-10H2,(H,20,21,22)/t15-/m1/s1. The third-order valence-corrected chi connectivity index (χ3v) is 6.38. The Kier molecular flexibility index (Phi) is 3.11. The van der Waals surface area contributed by atoms with Crippen LogP contribution in [0.4, 0.5) is 5.82 Å². The molecule has 3 aromatic rings. The highest BCUT2D eigenvalue weighted by Crippen LogP contribution is 2.41. The van der Waals surface area contributed by atoms with Crippen molar-refractivity contribution in [1.82, 2.24) is 9.97 Å². The average Bonchev–Trinajstić information content (AvgIpc) is 3.16. The quantitative estimate of drug-likeness (QED) is 0.745. The molecular formula is C19H19N3S. The molecule has 0 saturated heterocycles. The smallest absolute Gasteiger partial charge is 0.138 e. The van der Waals surface area contributed by atoms with Crippen molar-refractivity contribution in [3.05, 3.63) is 52.2 Å². The largest absolute Gasteiger partial charge is 0.363 e. The Morgan fingerprint density at radius 3 is 3.00 bits per heavy atom. The molecule has 0 aliphatic heterocycles. The lowest BCUT2D eigenvalue weighted by molar-refractivity contribution is 0.599. The van der Waals surface area contributed by atoms with E-state index in [1.54, 1.807) is 6.33 Å². The number of aryl methyl sites for hydroxylation is 3. The molecule has 2 aliphatic rings. The highest BCUT2D eigenvalue weighted by Gasteiger charge is 2.24. The summed E-state index contributed by atoms with van der Waals surface area (Å²) < 4.78 is 0. The number of benzene rings is 1. The van der Waals surface area contributed by atoms with Gasteiger partial charge < -0.3 is 5.32 Å². The minimum atomic E-state index is 0.370. The minimum Gasteiger partial charge on any atom is -0.363 e. The van der Waals surface area contributed by atoms with Crippen LogP contribution < -0.4 is 5.32 Å². The van der Waals surface area contributed by atoms with Crippen molar-refractivity contribution >= 4 is 27.4 Å². The van der Waals surface area contributed by atoms with Gasteiger partial charge in [0.1, 0.15) is 17.0 Å². The van der Waals surface area contributed by atoms with Crippen LogP contribution >= 0.6 is 11.3 Å². The second kappa shape index (κ2) is 5.31. The molecule has 1 N–H and O–H groups in total. The van der Waals surface area contributed by atoms with Gasteiger partial charge in [-0.15, -0.1) is 11.3 Å². The third kappa shape index (κ3) is 2.16. The number of hydrogen-bond donors (Lipinski definition) is 1. The molecule has 116 valence electrons. The summed E-state index contributed by atoms with van der Waals surface area (Å²) in [4.78, 5) is 11.8. The molecule has 2 aliphatic carbocycles. The van der Waals surface area contributed by atoms with Gasteiger partial charge in [-0.3, -0.25) is 0 Å². The van der Waals surface area contributed by atoms with Crippen LogP contribution in [0.5, 0.6) is 0 Å². The number of hydrogen-bond acceptors (Lipinski definition) is 4. The molecule has 4 heteroatoms. The zero-order valence-corrected chi connectivity index (χ0v) is 13.8. The lowest BCUT2D eigenvalue weighted by atomic mass is 9.87. The number of nitrogens with zero attached hydrogens (tertiary/aromatic N) is 2. The van der Waals surface area contributed by atoms with Crippen molar-refractivity contribution in [3.63, 3.8) is 0 Å². The first-order valence-corrected chi connectivity index (χ1v) is 9.31. The van der Waals surface area contributed by atoms with E-state index in [2.05, 4.69) is 39.6 Å². The van der Waals surface area contributed by atoms with Crippen molar-refractivity contribution in [2.24, 2.45) is 0 Å². The van der Waals surface area contributed by atoms with Crippen LogP contribution in [-0.4, -0.2) is 9.97 Å². The molecule has 2 heterocycles. The number of nitrogens with one attached hydrogen (secondary N) is 1. The van der Waals surface area contributed by atoms with E-state index in [0.717, 1.165) is 10.6 Å². The lowest BCUT2D eigenvalue weighted by Gasteiger charge is -2.27. The molecule has 0 amide bonds. The predicted molar refractivity (Wildman–Crippen MR) is 95.2 cm³/mol. The highest BCUT2D eigenvalue weighted by atomic mass is 32.1. The second-order valence-electron chi connectivity index (χ2n) is 6.55. The summed E-state index contributed by atoms with van der Waals surface area (Å²) in [7, 11) is 0. The fourth-order valence-corrected chi connectivity index (χ4v) is 5.34. The number of rotatable bonds is 2. The number of fused-ring (bicyclic) bond motifs is 4. The Morgan fingerprint density at radius 2 is 2.00 bits per heavy atom. The summed E-state index contributed by atoms with van der Waals surface area (Å²) in [6, 6.07) is 9.20. The predicted octanol–water partition coefficient (Wildman–Crippen LogP) is 4.67. The zero-order chi connectivity index (χ0) is 15.2. The fraction of sp³-hybridized carbons (Fsp3) is 0.368. The fourth-order valence-electron chi connectivity index (χ4n) is 4.11. The second-order valence-corrected chi connectivity index (χ2v) is 7.63. The van der Waals surface area contributed by atoms with Gasteiger partial charge in [-0.1, -0.05) is 24.3 Å². The van der Waals surface area contributed by atoms with Gasteiger partial charge in [0, 0.05) is 4.88 Å². The Bertz CT molecular complexity index is 883. The topological polar surface area (TPSA) is 37.8 Å². The van der Waals surface area contributed by atoms with Gasteiger partial charge in [-0.05, 0) is 55.2 Å². The van der Waals surface area contributed by atoms with E-state index in [4.69, 9.17) is 0 Å². The van der Waals surface area contributed by atoms with Gasteiger partial charge in [-0.25, -0.2) is 9.97 Å². The van der Waals surface area contributed by atoms with Crippen molar-refractivity contribution < 1.29 is 0 Å². The van der Waals surface area contributed by atoms with Crippen LogP contribution in [0, 0.1) is 0 Å². The molecule has 0 bridgehead atoms. The van der Waals surface area contributed by atoms with Crippen LogP contribution in [0.2, 0.25) is 0 Å². The Balaban J connectivity index is 1.58. The molecule has 23 heavy (non-hydrogen) atoms. The summed E-state index contributed by atoms with van der Waals surface area (Å²) in [5, 5.41) is 5.04. The summed E-state index contributed by atoms with van der Waals surface area (Å²) in [5.74, 6) is 1.04. The lowest BCUT2D eigenvalue weighted by Crippen LogP contribution is -2.18. The Hall–Kier alpha value is -1.94. The van der Waals surface area contributed by atoms with E-state index >= 15 is 0 Å². The van der Waals surface area contributed by atoms with Crippen LogP contribution in [0.15, 0.2) is 30.6 Å². The van der Waals surface area contributed by atoms with Crippen LogP contribution in [0.25, 0.3) is 10.2 Å². The van der Waals surface area contributed by atoms with Gasteiger partial charge in [0.25, 0.3) is 0 Å². The Labute approximate surface area is 139 Å². The molecule has 2 aromatic heterocycles. The summed E-state index contributed by atoms with van der Waals surface area (Å²) in [5.41, 5.74) is 4.42. The number of thiophene rings is 1. The van der Waals surface area contributed by atoms with Gasteiger partial charge in [0.2, 0.25) is 0 Å².